The molecule has 4 aliphatic rings. The summed E-state index contributed by atoms with van der Waals surface area (Å²) >= 11 is 2.77. The molecule has 34 heteroatoms. The van der Waals surface area contributed by atoms with Crippen LogP contribution in [0.5, 0.6) is 34.5 Å². The first-order valence-electron chi connectivity index (χ1n) is 51.1. The molecule has 4 saturated carbocycles. The molecule has 0 radical (unpaired) electrons. The van der Waals surface area contributed by atoms with Gasteiger partial charge in [-0.15, -0.1) is 0 Å². The minimum Gasteiger partial charge on any atom is -0.493 e. The number of ketones is 1. The molecule has 0 bridgehead atoms. The Morgan fingerprint density at radius 1 is 0.544 bits per heavy atom. The van der Waals surface area contributed by atoms with Gasteiger partial charge < -0.3 is 56.8 Å². The number of pyridine rings is 2. The third kappa shape index (κ3) is 33.6. The molecule has 4 heterocycles. The summed E-state index contributed by atoms with van der Waals surface area (Å²) in [7, 11) is 0. The fraction of sp³-hybridized carbons (Fsp3) is 0.487. The van der Waals surface area contributed by atoms with Gasteiger partial charge in [-0.3, -0.25) is 14.6 Å². The Morgan fingerprint density at radius 2 is 1.12 bits per heavy atom. The highest BCUT2D eigenvalue weighted by Gasteiger charge is 2.41. The van der Waals surface area contributed by atoms with Crippen molar-refractivity contribution >= 4 is 112 Å². The van der Waals surface area contributed by atoms with E-state index in [0.29, 0.717) is 154 Å². The normalized spacial score (nSPS) is 18.8. The second-order valence-electron chi connectivity index (χ2n) is 38.8. The summed E-state index contributed by atoms with van der Waals surface area (Å²) in [6.45, 7) is 28.2. The number of aromatic nitrogens is 4. The summed E-state index contributed by atoms with van der Waals surface area (Å²) in [4.78, 5) is 95.2. The third-order valence-electron chi connectivity index (χ3n) is 27.5. The van der Waals surface area contributed by atoms with Crippen molar-refractivity contribution in [2.24, 2.45) is 57.5 Å². The molecule has 147 heavy (non-hydrogen) atoms. The van der Waals surface area contributed by atoms with Crippen molar-refractivity contribution < 1.29 is 112 Å². The van der Waals surface area contributed by atoms with Crippen LogP contribution in [0.4, 0.5) is 36.6 Å². The number of benzene rings is 5. The van der Waals surface area contributed by atoms with Crippen LogP contribution in [0.2, 0.25) is 0 Å². The van der Waals surface area contributed by atoms with Crippen molar-refractivity contribution in [2.45, 2.75) is 239 Å². The zero-order chi connectivity index (χ0) is 105. The smallest absolute Gasteiger partial charge is 0.422 e. The lowest BCUT2D eigenvalue weighted by Crippen LogP contribution is -2.34. The molecule has 0 saturated heterocycles. The van der Waals surface area contributed by atoms with Crippen molar-refractivity contribution in [1.82, 2.24) is 19.9 Å². The van der Waals surface area contributed by atoms with Crippen LogP contribution < -0.4 is 38.4 Å². The first kappa shape index (κ1) is 112. The molecule has 5 aromatic carbocycles. The van der Waals surface area contributed by atoms with E-state index in [4.69, 9.17) is 82.0 Å². The Hall–Kier alpha value is -12.4. The SMILES string of the molecule is C=CC(=O)OCCCOc1ccc(COc2ccc(OC(CC(C)Cc3cnc4sc(N(CCC(C)C)/N=C/c5cc(OC(CCC(=O)C(=C)C)C6CCC(C7CCC(OCCOC(=O)C(=C)C(F)(F)F)CC7)CC6)c6ccccc6c5OCC5CCC(C6CCC(OCCOC(=O)C(=C)C(F)(F)F)CC6)CC5)nc4c3)c3ccc(OCCCOC(=O)C=C)cc3)cc2/C=N/N(C(=O)CCC)c2nc3cnccc3s2)cc1. The van der Waals surface area contributed by atoms with Gasteiger partial charge >= 0.3 is 36.2 Å². The van der Waals surface area contributed by atoms with Gasteiger partial charge in [-0.2, -0.15) is 41.6 Å². The van der Waals surface area contributed by atoms with E-state index in [0.717, 1.165) is 158 Å². The average molecular weight is 2070 g/mol. The Morgan fingerprint density at radius 3 is 1.69 bits per heavy atom. The van der Waals surface area contributed by atoms with Gasteiger partial charge in [-0.25, -0.2) is 39.1 Å². The molecule has 1 amide bonds. The largest absolute Gasteiger partial charge is 0.493 e. The van der Waals surface area contributed by atoms with E-state index in [9.17, 15) is 55.1 Å². The lowest BCUT2D eigenvalue weighted by atomic mass is 9.69. The summed E-state index contributed by atoms with van der Waals surface area (Å²) in [5.74, 6) is 1.61. The average Bonchev–Trinajstić information content (AvgIpc) is 1.63. The number of carbonyl (C=O) groups excluding carboxylic acids is 6. The monoisotopic (exact) mass is 2070 g/mol. The van der Waals surface area contributed by atoms with E-state index in [-0.39, 0.29) is 119 Å². The number of esters is 4. The van der Waals surface area contributed by atoms with Crippen LogP contribution in [-0.2, 0) is 70.2 Å². The summed E-state index contributed by atoms with van der Waals surface area (Å²) in [6.07, 6.45) is 18.9. The predicted molar refractivity (Wildman–Crippen MR) is 556 cm³/mol. The number of halogens is 6. The van der Waals surface area contributed by atoms with Crippen molar-refractivity contribution in [3.05, 3.63) is 217 Å². The Balaban J connectivity index is 0.754. The molecule has 4 aromatic heterocycles. The highest BCUT2D eigenvalue weighted by Crippen LogP contribution is 2.48. The van der Waals surface area contributed by atoms with Crippen LogP contribution in [0.1, 0.15) is 223 Å². The van der Waals surface area contributed by atoms with Crippen molar-refractivity contribution in [1.29, 1.82) is 0 Å². The van der Waals surface area contributed by atoms with Gasteiger partial charge in [-0.1, -0.05) is 132 Å². The number of hydrazone groups is 2. The molecule has 26 nitrogen and oxygen atoms in total. The number of nitrogens with zero attached hydrogens (tertiary/aromatic N) is 8. The number of amides is 1. The highest BCUT2D eigenvalue weighted by atomic mass is 32.1. The minimum atomic E-state index is -4.88. The number of Topliss-reactive ketones (excluding diaryl/α,β-unsaturated/α-hetero) is 1. The molecule has 4 fully saturated rings. The topological polar surface area (TPSA) is 296 Å². The van der Waals surface area contributed by atoms with Crippen molar-refractivity contribution in [3.63, 3.8) is 0 Å². The minimum absolute atomic E-state index is 0.00459. The maximum absolute atomic E-state index is 14.1. The van der Waals surface area contributed by atoms with Crippen LogP contribution in [-0.4, -0.2) is 165 Å². The summed E-state index contributed by atoms with van der Waals surface area (Å²) in [5, 5.41) is 16.2. The third-order valence-corrected chi connectivity index (χ3v) is 29.5. The maximum atomic E-state index is 14.1. The number of fused-ring (bicyclic) bond motifs is 3. The van der Waals surface area contributed by atoms with E-state index in [2.05, 4.69) is 76.8 Å². The number of anilines is 2. The van der Waals surface area contributed by atoms with Gasteiger partial charge in [0, 0.05) is 78.7 Å². The van der Waals surface area contributed by atoms with Gasteiger partial charge in [0.15, 0.2) is 5.78 Å². The Labute approximate surface area is 863 Å². The summed E-state index contributed by atoms with van der Waals surface area (Å²) in [5.41, 5.74) is 2.52. The zero-order valence-corrected chi connectivity index (χ0v) is 86.0. The number of rotatable bonds is 55. The van der Waals surface area contributed by atoms with Gasteiger partial charge in [0.25, 0.3) is 0 Å². The van der Waals surface area contributed by atoms with Gasteiger partial charge in [0.2, 0.25) is 16.2 Å². The molecule has 9 aromatic rings. The van der Waals surface area contributed by atoms with Crippen LogP contribution in [0, 0.1) is 47.3 Å². The molecule has 3 unspecified atom stereocenters. The highest BCUT2D eigenvalue weighted by molar-refractivity contribution is 7.22. The lowest BCUT2D eigenvalue weighted by Gasteiger charge is -2.39. The lowest BCUT2D eigenvalue weighted by molar-refractivity contribution is -0.154. The molecule has 0 aliphatic heterocycles. The number of carbonyl (C=O) groups is 6. The summed E-state index contributed by atoms with van der Waals surface area (Å²) < 4.78 is 152. The van der Waals surface area contributed by atoms with Crippen molar-refractivity contribution in [2.75, 3.05) is 76.0 Å². The van der Waals surface area contributed by atoms with Crippen molar-refractivity contribution in [3.8, 4) is 34.5 Å². The number of thiazole rings is 2. The van der Waals surface area contributed by atoms with E-state index in [1.54, 1.807) is 25.5 Å². The van der Waals surface area contributed by atoms with Crippen LogP contribution in [0.3, 0.4) is 0 Å². The number of ether oxygens (including phenoxy) is 12. The predicted octanol–water partition coefficient (Wildman–Crippen LogP) is 25.0. The first-order chi connectivity index (χ1) is 70.8. The fourth-order valence-corrected chi connectivity index (χ4v) is 21.1. The van der Waals surface area contributed by atoms with E-state index in [1.165, 1.54) is 27.7 Å². The zero-order valence-electron chi connectivity index (χ0n) is 84.4. The van der Waals surface area contributed by atoms with Gasteiger partial charge in [-0.05, 0) is 272 Å². The van der Waals surface area contributed by atoms with E-state index >= 15 is 0 Å². The molecular weight excluding hydrogens is 1940 g/mol. The Bertz CT molecular complexity index is 5960. The maximum Gasteiger partial charge on any atom is 0.422 e. The number of allylic oxidation sites excluding steroid dienone is 1. The number of hydrogen-bond donors (Lipinski definition) is 0. The van der Waals surface area contributed by atoms with Gasteiger partial charge in [0.1, 0.15) is 93.5 Å². The quantitative estimate of drug-likeness (QED) is 0.00650. The molecule has 3 atom stereocenters. The standard InChI is InChI=1S/C113H134F6N8O18S2/c1-11-18-103(129)127(111-125-96-69-120-51-49-102(96)146-111)123-67-86-64-92(45-47-98(86)142-70-78-23-37-88(38-24-78)134-53-16-55-138-104(130)12-2)144-100(85-35-43-89(44-36-85)135-54-17-56-139-105(131)13-3)62-74(8)61-79-63-95-107(121-66-79)147-110(124-95)126(52-50-72(4)5)122-68-87-65-101(145-99(48-46-97(128)73(6)7)84-29-27-81(28-30-84)83-33-41-91(42-34-83)137-58-60-141-109(133)76(10)113(117,118)119)93-19-14-15-20-94(93)106(87)143-71-77-21-25-80(26-22-77)82-31-39-90(40-32-82)136-57-59-140-108(132)75(9)112(114,115)116/h12-15,19-20,23-24,35-38,43-45,47,49,51,63-69,72,74,77,80-84,90-91,99-100H,2-3,6,9-11,16-18,21-22,25-34,39-42,46,48,50,52-62,70-71H2,1,4-5,7-8H3/b122-68+,123-67+. The van der Waals surface area contributed by atoms with Crippen LogP contribution in [0.15, 0.2) is 200 Å². The molecule has 788 valence electrons. The first-order valence-corrected chi connectivity index (χ1v) is 52.7. The molecular formula is C113H134F6N8O18S2. The fourth-order valence-electron chi connectivity index (χ4n) is 19.3. The molecule has 4 aliphatic carbocycles. The molecule has 13 rings (SSSR count). The van der Waals surface area contributed by atoms with Crippen LogP contribution in [0.25, 0.3) is 31.3 Å². The molecule has 0 N–H and O–H groups in total. The second-order valence-corrected chi connectivity index (χ2v) is 40.8. The second kappa shape index (κ2) is 55.0. The van der Waals surface area contributed by atoms with E-state index in [1.807, 2.05) is 115 Å². The van der Waals surface area contributed by atoms with Gasteiger partial charge in [0.05, 0.1) is 81.8 Å². The summed E-state index contributed by atoms with van der Waals surface area (Å²) in [6, 6.07) is 34.8. The van der Waals surface area contributed by atoms with Crippen LogP contribution >= 0.6 is 22.7 Å². The molecule has 0 spiro atoms. The Kier molecular flexibility index (Phi) is 41.9. The van der Waals surface area contributed by atoms with E-state index < -0.39 is 53.5 Å². The number of hydrogen-bond acceptors (Lipinski definition) is 27. The number of alkyl halides is 6.